The molecule has 0 spiro atoms. The number of pyridine rings is 1. The van der Waals surface area contributed by atoms with Crippen LogP contribution in [0.15, 0.2) is 58.0 Å². The number of aromatic hydroxyl groups is 1. The summed E-state index contributed by atoms with van der Waals surface area (Å²) in [7, 11) is 0. The van der Waals surface area contributed by atoms with Gasteiger partial charge in [-0.15, -0.1) is 0 Å². The molecule has 0 aliphatic heterocycles. The number of allylic oxidation sites excluding steroid dienone is 2. The van der Waals surface area contributed by atoms with Gasteiger partial charge >= 0.3 is 0 Å². The molecule has 1 aromatic carbocycles. The van der Waals surface area contributed by atoms with E-state index in [0.29, 0.717) is 12.1 Å². The van der Waals surface area contributed by atoms with Gasteiger partial charge in [-0.25, -0.2) is 13.2 Å². The molecule has 1 unspecified atom stereocenters. The Hall–Kier alpha value is -3.49. The predicted molar refractivity (Wildman–Crippen MR) is 87.9 cm³/mol. The molecular weight excluding hydrogens is 353 g/mol. The van der Waals surface area contributed by atoms with Gasteiger partial charge in [0, 0.05) is 18.5 Å². The number of rotatable bonds is 5. The fourth-order valence-corrected chi connectivity index (χ4v) is 2.32. The van der Waals surface area contributed by atoms with Crippen molar-refractivity contribution in [1.82, 2.24) is 4.98 Å². The smallest absolute Gasteiger partial charge is 0.255 e. The van der Waals surface area contributed by atoms with Crippen LogP contribution in [0.5, 0.6) is 5.75 Å². The second-order valence-electron chi connectivity index (χ2n) is 5.11. The van der Waals surface area contributed by atoms with Crippen molar-refractivity contribution in [2.24, 2.45) is 4.99 Å². The molecule has 0 saturated heterocycles. The summed E-state index contributed by atoms with van der Waals surface area (Å²) in [5, 5.41) is 30.2. The van der Waals surface area contributed by atoms with Gasteiger partial charge in [0.2, 0.25) is 0 Å². The summed E-state index contributed by atoms with van der Waals surface area (Å²) in [5.74, 6) is -8.95. The number of aromatic amines is 1. The number of aliphatic imine (C=N–C) groups is 1. The lowest BCUT2D eigenvalue weighted by Gasteiger charge is -2.18. The van der Waals surface area contributed by atoms with Gasteiger partial charge in [0.05, 0.1) is 11.5 Å². The zero-order valence-corrected chi connectivity index (χ0v) is 13.1. The number of benzene rings is 1. The molecule has 2 aromatic rings. The standard InChI is InChI=1S/C17H13F3N2O4/c1-21-4-2-12(24)16(25)13(14-11(23)3-5-22-17(14)26)8-6-9(18)15(20)10(19)7-8/h2-7,13,24-25H,1H2,(H2,22,23,26)/b4-2-,16-12+. The minimum Gasteiger partial charge on any atom is -0.507 e. The van der Waals surface area contributed by atoms with E-state index in [1.165, 1.54) is 0 Å². The highest BCUT2D eigenvalue weighted by Crippen LogP contribution is 2.35. The number of H-pyrrole nitrogens is 1. The van der Waals surface area contributed by atoms with Crippen LogP contribution < -0.4 is 5.56 Å². The molecule has 0 bridgehead atoms. The predicted octanol–water partition coefficient (Wildman–Crippen LogP) is 3.17. The van der Waals surface area contributed by atoms with Gasteiger partial charge in [0.25, 0.3) is 5.56 Å². The summed E-state index contributed by atoms with van der Waals surface area (Å²) in [6, 6.07) is 2.13. The number of aliphatic hydroxyl groups excluding tert-OH is 2. The molecule has 1 heterocycles. The van der Waals surface area contributed by atoms with Crippen LogP contribution in [0.25, 0.3) is 0 Å². The second kappa shape index (κ2) is 7.60. The average molecular weight is 366 g/mol. The summed E-state index contributed by atoms with van der Waals surface area (Å²) in [5.41, 5.74) is -1.83. The fraction of sp³-hybridized carbons (Fsp3) is 0.0588. The Labute approximate surface area is 144 Å². The number of halogens is 3. The molecule has 0 amide bonds. The summed E-state index contributed by atoms with van der Waals surface area (Å²) in [6.45, 7) is 3.13. The molecule has 0 radical (unpaired) electrons. The number of nitrogens with one attached hydrogen (secondary N) is 1. The molecule has 0 aliphatic carbocycles. The number of hydrogen-bond donors (Lipinski definition) is 4. The van der Waals surface area contributed by atoms with Gasteiger partial charge in [0.15, 0.2) is 23.2 Å². The Morgan fingerprint density at radius 1 is 1.23 bits per heavy atom. The van der Waals surface area contributed by atoms with Crippen molar-refractivity contribution in [3.63, 3.8) is 0 Å². The normalized spacial score (nSPS) is 13.5. The summed E-state index contributed by atoms with van der Waals surface area (Å²) in [4.78, 5) is 17.6. The van der Waals surface area contributed by atoms with E-state index in [1.54, 1.807) is 0 Å². The zero-order chi connectivity index (χ0) is 19.4. The Morgan fingerprint density at radius 3 is 2.38 bits per heavy atom. The van der Waals surface area contributed by atoms with Gasteiger partial charge in [-0.2, -0.15) is 0 Å². The van der Waals surface area contributed by atoms with Gasteiger partial charge in [-0.3, -0.25) is 9.79 Å². The Morgan fingerprint density at radius 2 is 1.85 bits per heavy atom. The van der Waals surface area contributed by atoms with Crippen molar-refractivity contribution in [1.29, 1.82) is 0 Å². The summed E-state index contributed by atoms with van der Waals surface area (Å²) < 4.78 is 40.5. The van der Waals surface area contributed by atoms with E-state index in [1.807, 2.05) is 0 Å². The quantitative estimate of drug-likeness (QED) is 0.282. The first-order valence-electron chi connectivity index (χ1n) is 7.07. The first-order valence-corrected chi connectivity index (χ1v) is 7.07. The molecule has 0 saturated carbocycles. The fourth-order valence-electron chi connectivity index (χ4n) is 2.32. The largest absolute Gasteiger partial charge is 0.507 e. The van der Waals surface area contributed by atoms with Crippen molar-refractivity contribution in [3.05, 3.63) is 87.1 Å². The van der Waals surface area contributed by atoms with Crippen LogP contribution in [0.4, 0.5) is 13.2 Å². The maximum Gasteiger partial charge on any atom is 0.255 e. The topological polar surface area (TPSA) is 106 Å². The molecule has 136 valence electrons. The van der Waals surface area contributed by atoms with Gasteiger partial charge in [-0.1, -0.05) is 0 Å². The van der Waals surface area contributed by atoms with Crippen LogP contribution in [0.3, 0.4) is 0 Å². The maximum atomic E-state index is 13.6. The lowest BCUT2D eigenvalue weighted by atomic mass is 9.88. The van der Waals surface area contributed by atoms with Crippen LogP contribution in [-0.2, 0) is 0 Å². The van der Waals surface area contributed by atoms with Crippen molar-refractivity contribution in [3.8, 4) is 5.75 Å². The summed E-state index contributed by atoms with van der Waals surface area (Å²) >= 11 is 0. The molecule has 0 aliphatic rings. The first kappa shape index (κ1) is 18.8. The van der Waals surface area contributed by atoms with E-state index in [9.17, 15) is 33.3 Å². The third kappa shape index (κ3) is 3.61. The second-order valence-corrected chi connectivity index (χ2v) is 5.11. The number of aliphatic hydroxyl groups is 2. The van der Waals surface area contributed by atoms with Crippen molar-refractivity contribution < 1.29 is 28.5 Å². The lowest BCUT2D eigenvalue weighted by Crippen LogP contribution is -2.19. The lowest BCUT2D eigenvalue weighted by molar-refractivity contribution is 0.315. The van der Waals surface area contributed by atoms with E-state index in [4.69, 9.17) is 0 Å². The third-order valence-electron chi connectivity index (χ3n) is 3.48. The van der Waals surface area contributed by atoms with Crippen LogP contribution in [0.1, 0.15) is 17.0 Å². The highest BCUT2D eigenvalue weighted by Gasteiger charge is 2.29. The molecule has 0 fully saturated rings. The van der Waals surface area contributed by atoms with E-state index >= 15 is 0 Å². The average Bonchev–Trinajstić information content (AvgIpc) is 2.59. The molecule has 2 rings (SSSR count). The maximum absolute atomic E-state index is 13.6. The van der Waals surface area contributed by atoms with E-state index in [2.05, 4.69) is 16.7 Å². The monoisotopic (exact) mass is 366 g/mol. The highest BCUT2D eigenvalue weighted by atomic mass is 19.2. The van der Waals surface area contributed by atoms with Gasteiger partial charge in [0.1, 0.15) is 11.5 Å². The molecule has 9 heteroatoms. The zero-order valence-electron chi connectivity index (χ0n) is 13.1. The van der Waals surface area contributed by atoms with Gasteiger partial charge < -0.3 is 20.3 Å². The van der Waals surface area contributed by atoms with E-state index < -0.39 is 57.3 Å². The third-order valence-corrected chi connectivity index (χ3v) is 3.48. The Kier molecular flexibility index (Phi) is 5.51. The SMILES string of the molecule is C=N/C=C\C(O)=C(/O)C(c1cc(F)c(F)c(F)c1)c1c(O)cc[nH]c1=O. The molecule has 6 nitrogen and oxygen atoms in total. The van der Waals surface area contributed by atoms with Crippen molar-refractivity contribution in [2.45, 2.75) is 5.92 Å². The van der Waals surface area contributed by atoms with E-state index in [-0.39, 0.29) is 0 Å². The molecule has 4 N–H and O–H groups in total. The molecule has 1 aromatic heterocycles. The van der Waals surface area contributed by atoms with Crippen LogP contribution in [-0.4, -0.2) is 27.0 Å². The molecular formula is C17H13F3N2O4. The van der Waals surface area contributed by atoms with Crippen LogP contribution in [0.2, 0.25) is 0 Å². The Balaban J connectivity index is 2.82. The highest BCUT2D eigenvalue weighted by molar-refractivity contribution is 5.46. The van der Waals surface area contributed by atoms with Crippen molar-refractivity contribution in [2.75, 3.05) is 0 Å². The number of nitrogens with zero attached hydrogens (tertiary/aromatic N) is 1. The van der Waals surface area contributed by atoms with Crippen LogP contribution in [0, 0.1) is 17.5 Å². The molecule has 26 heavy (non-hydrogen) atoms. The number of hydrogen-bond acceptors (Lipinski definition) is 5. The van der Waals surface area contributed by atoms with E-state index in [0.717, 1.165) is 24.5 Å². The molecule has 1 atom stereocenters. The Bertz CT molecular complexity index is 944. The summed E-state index contributed by atoms with van der Waals surface area (Å²) in [6.07, 6.45) is 3.01. The minimum atomic E-state index is -1.75. The van der Waals surface area contributed by atoms with Crippen LogP contribution >= 0.6 is 0 Å². The van der Waals surface area contributed by atoms with Crippen molar-refractivity contribution >= 4 is 6.72 Å². The number of aromatic nitrogens is 1. The first-order chi connectivity index (χ1) is 12.3. The van der Waals surface area contributed by atoms with Gasteiger partial charge in [-0.05, 0) is 30.5 Å². The minimum absolute atomic E-state index is 0.419.